The molecular formula is C16H20N2O3. The highest BCUT2D eigenvalue weighted by Crippen LogP contribution is 2.39. The standard InChI is InChI=1S/C16H20N2O3/c19-15(13-9-14(13)16(20)21)17-12-5-3-11(4-6-12)10-18-7-1-2-8-18/h3-6,13-14H,1-2,7-10H2,(H,17,19)(H,20,21)/t13-,14+/m1/s1. The molecule has 3 rings (SSSR count). The van der Waals surface area contributed by atoms with Gasteiger partial charge in [-0.1, -0.05) is 12.1 Å². The topological polar surface area (TPSA) is 69.6 Å². The number of nitrogens with zero attached hydrogens (tertiary/aromatic N) is 1. The highest BCUT2D eigenvalue weighted by atomic mass is 16.4. The Balaban J connectivity index is 1.52. The molecule has 2 fully saturated rings. The fourth-order valence-electron chi connectivity index (χ4n) is 2.89. The molecule has 1 aromatic carbocycles. The maximum Gasteiger partial charge on any atom is 0.307 e. The summed E-state index contributed by atoms with van der Waals surface area (Å²) in [7, 11) is 0. The molecule has 112 valence electrons. The van der Waals surface area contributed by atoms with Crippen LogP contribution in [0.2, 0.25) is 0 Å². The molecule has 0 bridgehead atoms. The lowest BCUT2D eigenvalue weighted by Crippen LogP contribution is -2.18. The fourth-order valence-corrected chi connectivity index (χ4v) is 2.89. The second-order valence-electron chi connectivity index (χ2n) is 5.96. The lowest BCUT2D eigenvalue weighted by molar-refractivity contribution is -0.139. The normalized spacial score (nSPS) is 24.8. The van der Waals surface area contributed by atoms with Crippen molar-refractivity contribution in [3.05, 3.63) is 29.8 Å². The van der Waals surface area contributed by atoms with Crippen LogP contribution in [0.1, 0.15) is 24.8 Å². The zero-order valence-electron chi connectivity index (χ0n) is 11.9. The SMILES string of the molecule is O=C(O)[C@H]1C[C@H]1C(=O)Nc1ccc(CN2CCCC2)cc1. The van der Waals surface area contributed by atoms with E-state index in [2.05, 4.69) is 10.2 Å². The van der Waals surface area contributed by atoms with E-state index < -0.39 is 11.9 Å². The zero-order chi connectivity index (χ0) is 14.8. The number of rotatable bonds is 5. The van der Waals surface area contributed by atoms with E-state index in [0.717, 1.165) is 25.3 Å². The number of aliphatic carboxylic acids is 1. The Hall–Kier alpha value is -1.88. The summed E-state index contributed by atoms with van der Waals surface area (Å²) in [6.45, 7) is 3.28. The molecule has 21 heavy (non-hydrogen) atoms. The third-order valence-electron chi connectivity index (χ3n) is 4.27. The molecule has 2 atom stereocenters. The van der Waals surface area contributed by atoms with E-state index in [1.165, 1.54) is 18.4 Å². The first kappa shape index (κ1) is 14.1. The number of anilines is 1. The average Bonchev–Trinajstić information content (AvgIpc) is 3.13. The van der Waals surface area contributed by atoms with Gasteiger partial charge in [0.05, 0.1) is 11.8 Å². The molecule has 0 radical (unpaired) electrons. The van der Waals surface area contributed by atoms with Crippen LogP contribution >= 0.6 is 0 Å². The predicted octanol–water partition coefficient (Wildman–Crippen LogP) is 1.94. The lowest BCUT2D eigenvalue weighted by Gasteiger charge is -2.14. The third kappa shape index (κ3) is 3.42. The molecule has 2 aliphatic rings. The summed E-state index contributed by atoms with van der Waals surface area (Å²) in [5.74, 6) is -1.93. The van der Waals surface area contributed by atoms with Gasteiger partial charge in [-0.05, 0) is 50.0 Å². The van der Waals surface area contributed by atoms with Gasteiger partial charge in [0.25, 0.3) is 0 Å². The van der Waals surface area contributed by atoms with E-state index >= 15 is 0 Å². The van der Waals surface area contributed by atoms with Crippen LogP contribution in [0.15, 0.2) is 24.3 Å². The Morgan fingerprint density at radius 2 is 1.81 bits per heavy atom. The van der Waals surface area contributed by atoms with Crippen molar-refractivity contribution in [2.45, 2.75) is 25.8 Å². The number of amides is 1. The van der Waals surface area contributed by atoms with Crippen molar-refractivity contribution in [3.63, 3.8) is 0 Å². The van der Waals surface area contributed by atoms with Gasteiger partial charge < -0.3 is 10.4 Å². The van der Waals surface area contributed by atoms with Crippen molar-refractivity contribution in [3.8, 4) is 0 Å². The van der Waals surface area contributed by atoms with Crippen LogP contribution in [0.25, 0.3) is 0 Å². The quantitative estimate of drug-likeness (QED) is 0.868. The molecule has 1 aliphatic heterocycles. The minimum Gasteiger partial charge on any atom is -0.481 e. The minimum atomic E-state index is -0.879. The number of carboxylic acids is 1. The average molecular weight is 288 g/mol. The molecular weight excluding hydrogens is 268 g/mol. The first-order chi connectivity index (χ1) is 10.1. The molecule has 1 amide bonds. The van der Waals surface area contributed by atoms with Gasteiger partial charge in [0.2, 0.25) is 5.91 Å². The van der Waals surface area contributed by atoms with Gasteiger partial charge in [-0.25, -0.2) is 0 Å². The molecule has 5 heteroatoms. The fraction of sp³-hybridized carbons (Fsp3) is 0.500. The maximum atomic E-state index is 11.9. The molecule has 1 heterocycles. The predicted molar refractivity (Wildman–Crippen MR) is 78.8 cm³/mol. The number of hydrogen-bond donors (Lipinski definition) is 2. The molecule has 1 aliphatic carbocycles. The molecule has 0 unspecified atom stereocenters. The van der Waals surface area contributed by atoms with Crippen LogP contribution in [0.4, 0.5) is 5.69 Å². The Bertz CT molecular complexity index is 535. The molecule has 5 nitrogen and oxygen atoms in total. The van der Waals surface area contributed by atoms with E-state index in [4.69, 9.17) is 5.11 Å². The van der Waals surface area contributed by atoms with Gasteiger partial charge >= 0.3 is 5.97 Å². The Labute approximate surface area is 123 Å². The van der Waals surface area contributed by atoms with Crippen molar-refractivity contribution in [2.75, 3.05) is 18.4 Å². The van der Waals surface area contributed by atoms with Crippen LogP contribution in [0.3, 0.4) is 0 Å². The van der Waals surface area contributed by atoms with Crippen molar-refractivity contribution in [1.29, 1.82) is 0 Å². The minimum absolute atomic E-state index is 0.185. The summed E-state index contributed by atoms with van der Waals surface area (Å²) in [4.78, 5) is 25.0. The van der Waals surface area contributed by atoms with E-state index in [1.54, 1.807) is 0 Å². The third-order valence-corrected chi connectivity index (χ3v) is 4.27. The number of benzene rings is 1. The van der Waals surface area contributed by atoms with Crippen molar-refractivity contribution >= 4 is 17.6 Å². The van der Waals surface area contributed by atoms with Gasteiger partial charge in [-0.3, -0.25) is 14.5 Å². The first-order valence-corrected chi connectivity index (χ1v) is 7.48. The first-order valence-electron chi connectivity index (χ1n) is 7.48. The monoisotopic (exact) mass is 288 g/mol. The number of carbonyl (C=O) groups excluding carboxylic acids is 1. The number of carbonyl (C=O) groups is 2. The van der Waals surface area contributed by atoms with E-state index in [-0.39, 0.29) is 11.8 Å². The van der Waals surface area contributed by atoms with Crippen molar-refractivity contribution in [1.82, 2.24) is 4.90 Å². The summed E-state index contributed by atoms with van der Waals surface area (Å²) in [5, 5.41) is 11.6. The molecule has 2 N–H and O–H groups in total. The zero-order valence-corrected chi connectivity index (χ0v) is 11.9. The summed E-state index contributed by atoms with van der Waals surface area (Å²) >= 11 is 0. The van der Waals surface area contributed by atoms with E-state index in [1.807, 2.05) is 24.3 Å². The molecule has 1 aromatic rings. The highest BCUT2D eigenvalue weighted by molar-refractivity contribution is 5.98. The van der Waals surface area contributed by atoms with Gasteiger partial charge in [-0.2, -0.15) is 0 Å². The van der Waals surface area contributed by atoms with Gasteiger partial charge in [-0.15, -0.1) is 0 Å². The summed E-state index contributed by atoms with van der Waals surface area (Å²) in [5.41, 5.74) is 1.98. The van der Waals surface area contributed by atoms with Crippen LogP contribution in [0.5, 0.6) is 0 Å². The van der Waals surface area contributed by atoms with E-state index in [0.29, 0.717) is 6.42 Å². The van der Waals surface area contributed by atoms with Gasteiger partial charge in [0, 0.05) is 12.2 Å². The Morgan fingerprint density at radius 3 is 2.38 bits per heavy atom. The van der Waals surface area contributed by atoms with Crippen LogP contribution < -0.4 is 5.32 Å². The smallest absolute Gasteiger partial charge is 0.307 e. The second kappa shape index (κ2) is 5.85. The molecule has 0 spiro atoms. The second-order valence-corrected chi connectivity index (χ2v) is 5.96. The number of likely N-dealkylation sites (tertiary alicyclic amines) is 1. The number of hydrogen-bond acceptors (Lipinski definition) is 3. The Kier molecular flexibility index (Phi) is 3.92. The van der Waals surface area contributed by atoms with Crippen LogP contribution in [-0.2, 0) is 16.1 Å². The summed E-state index contributed by atoms with van der Waals surface area (Å²) < 4.78 is 0. The van der Waals surface area contributed by atoms with Crippen LogP contribution in [-0.4, -0.2) is 35.0 Å². The van der Waals surface area contributed by atoms with Gasteiger partial charge in [0.1, 0.15) is 0 Å². The lowest BCUT2D eigenvalue weighted by atomic mass is 10.2. The van der Waals surface area contributed by atoms with Crippen LogP contribution in [0, 0.1) is 11.8 Å². The Morgan fingerprint density at radius 1 is 1.14 bits per heavy atom. The molecule has 1 saturated carbocycles. The number of carboxylic acid groups (broad SMARTS) is 1. The largest absolute Gasteiger partial charge is 0.481 e. The maximum absolute atomic E-state index is 11.9. The van der Waals surface area contributed by atoms with E-state index in [9.17, 15) is 9.59 Å². The summed E-state index contributed by atoms with van der Waals surface area (Å²) in [6, 6.07) is 7.83. The summed E-state index contributed by atoms with van der Waals surface area (Å²) in [6.07, 6.45) is 3.01. The van der Waals surface area contributed by atoms with Crippen molar-refractivity contribution < 1.29 is 14.7 Å². The van der Waals surface area contributed by atoms with Crippen molar-refractivity contribution in [2.24, 2.45) is 11.8 Å². The number of nitrogens with one attached hydrogen (secondary N) is 1. The molecule has 0 aromatic heterocycles. The van der Waals surface area contributed by atoms with Gasteiger partial charge in [0.15, 0.2) is 0 Å². The highest BCUT2D eigenvalue weighted by Gasteiger charge is 2.48. The molecule has 1 saturated heterocycles.